The van der Waals surface area contributed by atoms with Gasteiger partial charge < -0.3 is 8.84 Å². The summed E-state index contributed by atoms with van der Waals surface area (Å²) >= 11 is 12.4. The Labute approximate surface area is 221 Å². The number of nitrogens with zero attached hydrogens (tertiary/aromatic N) is 1. The Morgan fingerprint density at radius 3 is 2.31 bits per heavy atom. The highest BCUT2D eigenvalue weighted by atomic mass is 35.5. The average molecular weight is 531 g/mol. The molecule has 3 aromatic rings. The Hall–Kier alpha value is -1.59. The maximum absolute atomic E-state index is 6.81. The van der Waals surface area contributed by atoms with Gasteiger partial charge in [0.25, 0.3) is 0 Å². The topological polar surface area (TPSA) is 35.3 Å². The van der Waals surface area contributed by atoms with Crippen LogP contribution in [0.15, 0.2) is 34.7 Å². The number of benzene rings is 1. The molecule has 3 heterocycles. The lowest BCUT2D eigenvalue weighted by atomic mass is 10.0. The zero-order chi connectivity index (χ0) is 25.3. The largest absolute Gasteiger partial charge is 0.454 e. The fraction of sp³-hybridized carbons (Fsp3) is 0.483. The predicted molar refractivity (Wildman–Crippen MR) is 150 cm³/mol. The van der Waals surface area contributed by atoms with Crippen molar-refractivity contribution in [1.29, 1.82) is 0 Å². The van der Waals surface area contributed by atoms with Crippen LogP contribution in [0.5, 0.6) is 0 Å². The Kier molecular flexibility index (Phi) is 8.17. The van der Waals surface area contributed by atoms with E-state index in [4.69, 9.17) is 37.0 Å². The van der Waals surface area contributed by atoms with Crippen LogP contribution >= 0.6 is 23.2 Å². The summed E-state index contributed by atoms with van der Waals surface area (Å²) in [7, 11) is -2.16. The van der Waals surface area contributed by atoms with Crippen LogP contribution in [0.3, 0.4) is 0 Å². The molecule has 0 spiro atoms. The van der Waals surface area contributed by atoms with Gasteiger partial charge in [0.15, 0.2) is 5.76 Å². The monoisotopic (exact) mass is 529 g/mol. The number of fused-ring (bicyclic) bond motifs is 1. The van der Waals surface area contributed by atoms with Crippen LogP contribution in [-0.2, 0) is 17.5 Å². The minimum atomic E-state index is -2.16. The van der Waals surface area contributed by atoms with Gasteiger partial charge in [-0.1, -0.05) is 77.1 Å². The summed E-state index contributed by atoms with van der Waals surface area (Å²) < 4.78 is 13.2. The van der Waals surface area contributed by atoms with Crippen molar-refractivity contribution >= 4 is 36.7 Å². The van der Waals surface area contributed by atoms with E-state index in [0.29, 0.717) is 27.7 Å². The molecular weight excluding hydrogens is 493 g/mol. The van der Waals surface area contributed by atoms with E-state index in [1.54, 1.807) is 6.07 Å². The second-order valence-corrected chi connectivity index (χ2v) is 15.9. The van der Waals surface area contributed by atoms with E-state index in [2.05, 4.69) is 41.5 Å². The van der Waals surface area contributed by atoms with Gasteiger partial charge in [-0.25, -0.2) is 4.98 Å². The molecular formula is C29H37Cl2NO2Si. The van der Waals surface area contributed by atoms with Crippen molar-refractivity contribution in [2.75, 3.05) is 0 Å². The predicted octanol–water partition coefficient (Wildman–Crippen LogP) is 9.25. The highest BCUT2D eigenvalue weighted by Gasteiger charge is 2.51. The zero-order valence-corrected chi connectivity index (χ0v) is 24.3. The molecule has 1 aromatic carbocycles. The van der Waals surface area contributed by atoms with Crippen molar-refractivity contribution in [3.8, 4) is 22.8 Å². The van der Waals surface area contributed by atoms with Gasteiger partial charge >= 0.3 is 0 Å². The summed E-state index contributed by atoms with van der Waals surface area (Å²) in [5, 5.41) is 2.52. The Balaban J connectivity index is 1.81. The first-order chi connectivity index (χ1) is 16.7. The fourth-order valence-electron chi connectivity index (χ4n) is 5.67. The normalized spacial score (nSPS) is 14.8. The molecule has 2 aromatic heterocycles. The van der Waals surface area contributed by atoms with Crippen LogP contribution in [-0.4, -0.2) is 13.3 Å². The van der Waals surface area contributed by atoms with Crippen molar-refractivity contribution < 1.29 is 8.84 Å². The van der Waals surface area contributed by atoms with Crippen LogP contribution in [0.25, 0.3) is 22.8 Å². The number of halogens is 2. The molecule has 0 saturated heterocycles. The van der Waals surface area contributed by atoms with Crippen LogP contribution in [0.2, 0.25) is 21.1 Å². The summed E-state index contributed by atoms with van der Waals surface area (Å²) in [4.78, 5) is 5.32. The number of unbranched alkanes of at least 4 members (excludes halogenated alkanes) is 3. The molecule has 1 aliphatic rings. The van der Waals surface area contributed by atoms with Gasteiger partial charge in [0.2, 0.25) is 8.32 Å². The van der Waals surface area contributed by atoms with Gasteiger partial charge in [-0.3, -0.25) is 0 Å². The first-order valence-electron chi connectivity index (χ1n) is 12.9. The van der Waals surface area contributed by atoms with Crippen LogP contribution in [0.4, 0.5) is 0 Å². The molecule has 35 heavy (non-hydrogen) atoms. The van der Waals surface area contributed by atoms with Crippen LogP contribution in [0, 0.1) is 6.92 Å². The molecule has 0 bridgehead atoms. The molecule has 1 aliphatic heterocycles. The van der Waals surface area contributed by atoms with Gasteiger partial charge in [-0.05, 0) is 77.5 Å². The maximum atomic E-state index is 6.81. The van der Waals surface area contributed by atoms with Crippen LogP contribution < -0.4 is 5.19 Å². The lowest BCUT2D eigenvalue weighted by Crippen LogP contribution is -2.54. The summed E-state index contributed by atoms with van der Waals surface area (Å²) in [6, 6.07) is 9.58. The van der Waals surface area contributed by atoms with E-state index in [0.717, 1.165) is 35.6 Å². The van der Waals surface area contributed by atoms with E-state index in [9.17, 15) is 0 Å². The first kappa shape index (κ1) is 26.5. The lowest BCUT2D eigenvalue weighted by Gasteiger charge is -2.35. The molecule has 0 saturated carbocycles. The molecule has 0 aliphatic carbocycles. The van der Waals surface area contributed by atoms with E-state index >= 15 is 0 Å². The quantitative estimate of drug-likeness (QED) is 0.204. The second kappa shape index (κ2) is 10.8. The van der Waals surface area contributed by atoms with Gasteiger partial charge in [-0.2, -0.15) is 0 Å². The van der Waals surface area contributed by atoms with Gasteiger partial charge in [0, 0.05) is 11.3 Å². The Morgan fingerprint density at radius 1 is 0.943 bits per heavy atom. The second-order valence-electron chi connectivity index (χ2n) is 10.4. The van der Waals surface area contributed by atoms with E-state index < -0.39 is 8.32 Å². The Morgan fingerprint density at radius 2 is 1.66 bits per heavy atom. The molecule has 0 atom stereocenters. The standard InChI is InChI=1S/C29H37Cl2NO2Si/c1-7-8-9-10-11-25-29-22(17-33-35(29,18(2)3)19(4)5)20(6)28(32-25)27-15-14-26(34-27)21-12-13-23(30)24(31)16-21/h12-16,18-19H,7-11,17H2,1-6H3. The number of aryl methyl sites for hydroxylation is 1. The fourth-order valence-corrected chi connectivity index (χ4v) is 11.0. The van der Waals surface area contributed by atoms with Crippen molar-refractivity contribution in [2.45, 2.75) is 91.3 Å². The lowest BCUT2D eigenvalue weighted by molar-refractivity contribution is 0.299. The van der Waals surface area contributed by atoms with E-state index in [1.165, 1.54) is 41.3 Å². The highest BCUT2D eigenvalue weighted by molar-refractivity contribution is 6.90. The summed E-state index contributed by atoms with van der Waals surface area (Å²) in [6.45, 7) is 14.5. The SMILES string of the molecule is CCCCCCc1nc(-c2ccc(-c3ccc(Cl)c(Cl)c3)o2)c(C)c2c1[Si](C(C)C)(C(C)C)OC2. The molecule has 0 unspecified atom stereocenters. The third-order valence-corrected chi connectivity index (χ3v) is 13.7. The number of furan rings is 1. The van der Waals surface area contributed by atoms with Gasteiger partial charge in [-0.15, -0.1) is 0 Å². The molecule has 188 valence electrons. The van der Waals surface area contributed by atoms with Crippen molar-refractivity contribution in [3.63, 3.8) is 0 Å². The minimum absolute atomic E-state index is 0.495. The smallest absolute Gasteiger partial charge is 0.231 e. The molecule has 0 radical (unpaired) electrons. The molecule has 0 N–H and O–H groups in total. The maximum Gasteiger partial charge on any atom is 0.231 e. The minimum Gasteiger partial charge on any atom is -0.454 e. The Bertz CT molecular complexity index is 1190. The summed E-state index contributed by atoms with van der Waals surface area (Å²) in [5.74, 6) is 1.54. The van der Waals surface area contributed by atoms with Crippen LogP contribution in [0.1, 0.15) is 77.1 Å². The summed E-state index contributed by atoms with van der Waals surface area (Å²) in [6.07, 6.45) is 5.88. The zero-order valence-electron chi connectivity index (χ0n) is 21.8. The number of pyridine rings is 1. The molecule has 0 fully saturated rings. The number of hydrogen-bond donors (Lipinski definition) is 0. The number of hydrogen-bond acceptors (Lipinski definition) is 3. The molecule has 3 nitrogen and oxygen atoms in total. The van der Waals surface area contributed by atoms with E-state index in [1.807, 2.05) is 24.3 Å². The van der Waals surface area contributed by atoms with Crippen molar-refractivity contribution in [3.05, 3.63) is 57.2 Å². The van der Waals surface area contributed by atoms with Gasteiger partial charge in [0.05, 0.1) is 16.7 Å². The molecule has 4 rings (SSSR count). The van der Waals surface area contributed by atoms with Crippen molar-refractivity contribution in [2.24, 2.45) is 0 Å². The summed E-state index contributed by atoms with van der Waals surface area (Å²) in [5.41, 5.74) is 6.59. The highest BCUT2D eigenvalue weighted by Crippen LogP contribution is 2.42. The molecule has 0 amide bonds. The van der Waals surface area contributed by atoms with Crippen molar-refractivity contribution in [1.82, 2.24) is 4.98 Å². The third kappa shape index (κ3) is 4.87. The number of rotatable bonds is 9. The third-order valence-electron chi connectivity index (χ3n) is 7.52. The average Bonchev–Trinajstić information content (AvgIpc) is 3.46. The van der Waals surface area contributed by atoms with E-state index in [-0.39, 0.29) is 0 Å². The van der Waals surface area contributed by atoms with Gasteiger partial charge in [0.1, 0.15) is 11.5 Å². The molecule has 6 heteroatoms. The number of aromatic nitrogens is 1. The first-order valence-corrected chi connectivity index (χ1v) is 15.7.